The highest BCUT2D eigenvalue weighted by Gasteiger charge is 1.98. The van der Waals surface area contributed by atoms with Crippen LogP contribution in [0, 0.1) is 0 Å². The van der Waals surface area contributed by atoms with Gasteiger partial charge in [0.25, 0.3) is 0 Å². The van der Waals surface area contributed by atoms with Gasteiger partial charge in [-0.1, -0.05) is 65.7 Å². The first kappa shape index (κ1) is 21.9. The van der Waals surface area contributed by atoms with E-state index < -0.39 is 0 Å². The second-order valence-corrected chi connectivity index (χ2v) is 5.62. The van der Waals surface area contributed by atoms with Crippen molar-refractivity contribution in [2.75, 3.05) is 13.6 Å². The quantitative estimate of drug-likeness (QED) is 0.453. The molecule has 0 aliphatic rings. The Kier molecular flexibility index (Phi) is 22.9. The average molecular weight is 286 g/mol. The van der Waals surface area contributed by atoms with Crippen LogP contribution >= 0.6 is 0 Å². The molecule has 0 fully saturated rings. The summed E-state index contributed by atoms with van der Waals surface area (Å²) in [7, 11) is 1.94. The van der Waals surface area contributed by atoms with E-state index in [4.69, 9.17) is 0 Å². The molecule has 0 saturated heterocycles. The highest BCUT2D eigenvalue weighted by atomic mass is 16.1. The van der Waals surface area contributed by atoms with Crippen molar-refractivity contribution in [2.24, 2.45) is 0 Å². The van der Waals surface area contributed by atoms with Crippen molar-refractivity contribution in [3.63, 3.8) is 0 Å². The lowest BCUT2D eigenvalue weighted by Gasteiger charge is -1.98. The van der Waals surface area contributed by atoms with Crippen molar-refractivity contribution < 1.29 is 4.79 Å². The molecule has 0 aromatic rings. The van der Waals surface area contributed by atoms with E-state index in [1.807, 2.05) is 14.0 Å². The molecule has 0 radical (unpaired) electrons. The fraction of sp³-hybridized carbons (Fsp3) is 0.944. The number of hydrogen-bond acceptors (Lipinski definition) is 2. The van der Waals surface area contributed by atoms with Crippen molar-refractivity contribution in [1.29, 1.82) is 0 Å². The van der Waals surface area contributed by atoms with Crippen LogP contribution in [0.1, 0.15) is 97.8 Å². The largest absolute Gasteiger partial charge is 0.320 e. The van der Waals surface area contributed by atoms with Crippen LogP contribution in [-0.2, 0) is 4.79 Å². The Balaban J connectivity index is 0. The molecule has 0 unspecified atom stereocenters. The first-order valence-corrected chi connectivity index (χ1v) is 8.89. The van der Waals surface area contributed by atoms with Gasteiger partial charge in [-0.2, -0.15) is 0 Å². The maximum atomic E-state index is 11.0. The number of Topliss-reactive ketones (excluding diaryl/α,β-unsaturated/α-hetero) is 1. The zero-order valence-electron chi connectivity index (χ0n) is 14.6. The molecule has 0 spiro atoms. The first-order chi connectivity index (χ1) is 9.72. The summed E-state index contributed by atoms with van der Waals surface area (Å²) >= 11 is 0. The smallest absolute Gasteiger partial charge is 0.132 e. The van der Waals surface area contributed by atoms with Crippen LogP contribution in [0.15, 0.2) is 0 Å². The number of ketones is 1. The fourth-order valence-corrected chi connectivity index (χ4v) is 2.06. The van der Waals surface area contributed by atoms with Crippen LogP contribution in [0.3, 0.4) is 0 Å². The second-order valence-electron chi connectivity index (χ2n) is 5.62. The van der Waals surface area contributed by atoms with Gasteiger partial charge in [-0.3, -0.25) is 4.79 Å². The van der Waals surface area contributed by atoms with Gasteiger partial charge in [0, 0.05) is 12.8 Å². The van der Waals surface area contributed by atoms with Crippen LogP contribution in [0.5, 0.6) is 0 Å². The predicted octanol–water partition coefficient (Wildman–Crippen LogP) is 5.50. The van der Waals surface area contributed by atoms with Crippen LogP contribution in [0.25, 0.3) is 0 Å². The number of carbonyl (C=O) groups is 1. The summed E-state index contributed by atoms with van der Waals surface area (Å²) in [5.41, 5.74) is 0. The summed E-state index contributed by atoms with van der Waals surface area (Å²) in [5, 5.41) is 3.06. The number of unbranched alkanes of at least 4 members (excludes halogenated alkanes) is 7. The maximum Gasteiger partial charge on any atom is 0.132 e. The maximum absolute atomic E-state index is 11.0. The van der Waals surface area contributed by atoms with Crippen molar-refractivity contribution in [1.82, 2.24) is 5.32 Å². The van der Waals surface area contributed by atoms with E-state index in [0.717, 1.165) is 38.6 Å². The SMILES string of the molecule is CCCC(=O)CCCCNC.CCCCCCCCC. The van der Waals surface area contributed by atoms with E-state index in [0.29, 0.717) is 5.78 Å². The van der Waals surface area contributed by atoms with Gasteiger partial charge in [-0.25, -0.2) is 0 Å². The minimum absolute atomic E-state index is 0.420. The van der Waals surface area contributed by atoms with Crippen molar-refractivity contribution in [2.45, 2.75) is 97.8 Å². The summed E-state index contributed by atoms with van der Waals surface area (Å²) in [5.74, 6) is 0.420. The number of nitrogens with one attached hydrogen (secondary N) is 1. The Morgan fingerprint density at radius 1 is 0.700 bits per heavy atom. The lowest BCUT2D eigenvalue weighted by molar-refractivity contribution is -0.119. The molecule has 0 bridgehead atoms. The number of carbonyl (C=O) groups excluding carboxylic acids is 1. The third kappa shape index (κ3) is 22.8. The molecule has 0 amide bonds. The lowest BCUT2D eigenvalue weighted by atomic mass is 10.1. The minimum Gasteiger partial charge on any atom is -0.320 e. The van der Waals surface area contributed by atoms with Crippen molar-refractivity contribution in [3.8, 4) is 0 Å². The van der Waals surface area contributed by atoms with E-state index in [-0.39, 0.29) is 0 Å². The summed E-state index contributed by atoms with van der Waals surface area (Å²) in [6.45, 7) is 7.60. The van der Waals surface area contributed by atoms with Gasteiger partial charge in [-0.15, -0.1) is 0 Å². The summed E-state index contributed by atoms with van der Waals surface area (Å²) in [6, 6.07) is 0. The molecular formula is C18H39NO. The lowest BCUT2D eigenvalue weighted by Crippen LogP contribution is -2.08. The normalized spacial score (nSPS) is 10.0. The van der Waals surface area contributed by atoms with Gasteiger partial charge >= 0.3 is 0 Å². The van der Waals surface area contributed by atoms with E-state index in [1.54, 1.807) is 0 Å². The second kappa shape index (κ2) is 20.9. The predicted molar refractivity (Wildman–Crippen MR) is 91.4 cm³/mol. The molecule has 0 aromatic heterocycles. The molecule has 0 aliphatic heterocycles. The van der Waals surface area contributed by atoms with E-state index in [1.165, 1.54) is 44.9 Å². The highest BCUT2D eigenvalue weighted by molar-refractivity contribution is 5.78. The van der Waals surface area contributed by atoms with E-state index in [9.17, 15) is 4.79 Å². The number of hydrogen-bond donors (Lipinski definition) is 1. The summed E-state index contributed by atoms with van der Waals surface area (Å²) in [4.78, 5) is 11.0. The van der Waals surface area contributed by atoms with E-state index >= 15 is 0 Å². The summed E-state index contributed by atoms with van der Waals surface area (Å²) < 4.78 is 0. The van der Waals surface area contributed by atoms with Gasteiger partial charge in [-0.05, 0) is 32.9 Å². The monoisotopic (exact) mass is 285 g/mol. The first-order valence-electron chi connectivity index (χ1n) is 8.89. The topological polar surface area (TPSA) is 29.1 Å². The Morgan fingerprint density at radius 3 is 1.70 bits per heavy atom. The van der Waals surface area contributed by atoms with Gasteiger partial charge in [0.15, 0.2) is 0 Å². The Hall–Kier alpha value is -0.370. The highest BCUT2D eigenvalue weighted by Crippen LogP contribution is 2.05. The standard InChI is InChI=1S/C9H19NO.C9H20/c1-3-6-9(11)7-4-5-8-10-2;1-3-5-7-9-8-6-4-2/h10H,3-8H2,1-2H3;3-9H2,1-2H3. The zero-order chi connectivity index (χ0) is 15.5. The van der Waals surface area contributed by atoms with Crippen LogP contribution in [0.2, 0.25) is 0 Å². The Labute approximate surface area is 128 Å². The van der Waals surface area contributed by atoms with Crippen molar-refractivity contribution >= 4 is 5.78 Å². The molecule has 0 atom stereocenters. The van der Waals surface area contributed by atoms with E-state index in [2.05, 4.69) is 19.2 Å². The molecule has 0 aliphatic carbocycles. The molecule has 0 rings (SSSR count). The van der Waals surface area contributed by atoms with Gasteiger partial charge < -0.3 is 5.32 Å². The molecule has 0 heterocycles. The van der Waals surface area contributed by atoms with Crippen molar-refractivity contribution in [3.05, 3.63) is 0 Å². The fourth-order valence-electron chi connectivity index (χ4n) is 2.06. The third-order valence-electron chi connectivity index (χ3n) is 3.37. The Bertz CT molecular complexity index is 174. The van der Waals surface area contributed by atoms with Crippen LogP contribution in [0.4, 0.5) is 0 Å². The minimum atomic E-state index is 0.420. The third-order valence-corrected chi connectivity index (χ3v) is 3.37. The molecule has 2 nitrogen and oxygen atoms in total. The summed E-state index contributed by atoms with van der Waals surface area (Å²) in [6.07, 6.45) is 14.7. The Morgan fingerprint density at radius 2 is 1.25 bits per heavy atom. The zero-order valence-corrected chi connectivity index (χ0v) is 14.6. The van der Waals surface area contributed by atoms with Gasteiger partial charge in [0.2, 0.25) is 0 Å². The van der Waals surface area contributed by atoms with Crippen LogP contribution < -0.4 is 5.32 Å². The number of rotatable bonds is 13. The molecule has 0 aromatic carbocycles. The molecule has 122 valence electrons. The molecule has 0 saturated carbocycles. The molecule has 20 heavy (non-hydrogen) atoms. The van der Waals surface area contributed by atoms with Crippen LogP contribution in [-0.4, -0.2) is 19.4 Å². The average Bonchev–Trinajstić information content (AvgIpc) is 2.45. The molecular weight excluding hydrogens is 246 g/mol. The van der Waals surface area contributed by atoms with Gasteiger partial charge in [0.1, 0.15) is 5.78 Å². The molecule has 1 N–H and O–H groups in total. The van der Waals surface area contributed by atoms with Gasteiger partial charge in [0.05, 0.1) is 0 Å². The molecule has 2 heteroatoms.